The lowest BCUT2D eigenvalue weighted by molar-refractivity contribution is -0.116. The van der Waals surface area contributed by atoms with Crippen LogP contribution in [0.2, 0.25) is 0 Å². The summed E-state index contributed by atoms with van der Waals surface area (Å²) in [4.78, 5) is 24.6. The SMILES string of the molecule is CCCC(=O)Nc1scc(-c2ccc(-c3ccccc3)cc2)c1C(=O)OCC. The van der Waals surface area contributed by atoms with Crippen LogP contribution < -0.4 is 5.32 Å². The normalized spacial score (nSPS) is 10.5. The molecule has 1 amide bonds. The van der Waals surface area contributed by atoms with Gasteiger partial charge < -0.3 is 10.1 Å². The molecule has 0 spiro atoms. The van der Waals surface area contributed by atoms with Crippen LogP contribution in [0.4, 0.5) is 5.00 Å². The molecule has 1 aromatic heterocycles. The minimum Gasteiger partial charge on any atom is -0.462 e. The van der Waals surface area contributed by atoms with Gasteiger partial charge in [0.25, 0.3) is 0 Å². The maximum Gasteiger partial charge on any atom is 0.341 e. The first kappa shape index (κ1) is 19.8. The van der Waals surface area contributed by atoms with E-state index < -0.39 is 5.97 Å². The van der Waals surface area contributed by atoms with Gasteiger partial charge in [0.2, 0.25) is 5.91 Å². The molecule has 0 aliphatic heterocycles. The van der Waals surface area contributed by atoms with Gasteiger partial charge >= 0.3 is 5.97 Å². The third-order valence-corrected chi connectivity index (χ3v) is 5.20. The number of anilines is 1. The number of carbonyl (C=O) groups is 2. The van der Waals surface area contributed by atoms with Crippen molar-refractivity contribution in [2.75, 3.05) is 11.9 Å². The molecule has 144 valence electrons. The van der Waals surface area contributed by atoms with Gasteiger partial charge in [0.15, 0.2) is 0 Å². The number of esters is 1. The number of ether oxygens (including phenoxy) is 1. The largest absolute Gasteiger partial charge is 0.462 e. The highest BCUT2D eigenvalue weighted by Crippen LogP contribution is 2.37. The molecule has 0 atom stereocenters. The molecular weight excluding hydrogens is 370 g/mol. The number of carbonyl (C=O) groups excluding carboxylic acids is 2. The first-order valence-corrected chi connectivity index (χ1v) is 10.3. The second-order valence-electron chi connectivity index (χ2n) is 6.32. The smallest absolute Gasteiger partial charge is 0.341 e. The molecule has 0 bridgehead atoms. The highest BCUT2D eigenvalue weighted by Gasteiger charge is 2.22. The summed E-state index contributed by atoms with van der Waals surface area (Å²) in [6, 6.07) is 18.2. The number of hydrogen-bond donors (Lipinski definition) is 1. The minimum atomic E-state index is -0.419. The molecular formula is C23H23NO3S. The number of nitrogens with one attached hydrogen (secondary N) is 1. The van der Waals surface area contributed by atoms with Crippen molar-refractivity contribution in [2.45, 2.75) is 26.7 Å². The first-order chi connectivity index (χ1) is 13.6. The van der Waals surface area contributed by atoms with Gasteiger partial charge in [-0.2, -0.15) is 0 Å². The summed E-state index contributed by atoms with van der Waals surface area (Å²) < 4.78 is 5.24. The summed E-state index contributed by atoms with van der Waals surface area (Å²) >= 11 is 1.35. The van der Waals surface area contributed by atoms with E-state index >= 15 is 0 Å². The van der Waals surface area contributed by atoms with Gasteiger partial charge in [-0.25, -0.2) is 4.79 Å². The quantitative estimate of drug-likeness (QED) is 0.501. The number of hydrogen-bond acceptors (Lipinski definition) is 4. The predicted octanol–water partition coefficient (Wildman–Crippen LogP) is 6.00. The summed E-state index contributed by atoms with van der Waals surface area (Å²) in [6.07, 6.45) is 1.17. The van der Waals surface area contributed by atoms with Crippen molar-refractivity contribution >= 4 is 28.2 Å². The maximum atomic E-state index is 12.6. The summed E-state index contributed by atoms with van der Waals surface area (Å²) in [7, 11) is 0. The molecule has 0 fully saturated rings. The highest BCUT2D eigenvalue weighted by molar-refractivity contribution is 7.15. The van der Waals surface area contributed by atoms with E-state index in [9.17, 15) is 9.59 Å². The molecule has 0 unspecified atom stereocenters. The fourth-order valence-corrected chi connectivity index (χ4v) is 3.93. The first-order valence-electron chi connectivity index (χ1n) is 9.38. The molecule has 0 saturated heterocycles. The van der Waals surface area contributed by atoms with Crippen LogP contribution in [-0.2, 0) is 9.53 Å². The standard InChI is InChI=1S/C23H23NO3S/c1-3-8-20(25)24-22-21(23(26)27-4-2)19(15-28-22)18-13-11-17(12-14-18)16-9-6-5-7-10-16/h5-7,9-15H,3-4,8H2,1-2H3,(H,24,25). The number of benzene rings is 2. The Hall–Kier alpha value is -2.92. The number of rotatable bonds is 7. The number of thiophene rings is 1. The zero-order valence-corrected chi connectivity index (χ0v) is 16.8. The summed E-state index contributed by atoms with van der Waals surface area (Å²) in [5.41, 5.74) is 4.35. The van der Waals surface area contributed by atoms with Crippen LogP contribution in [0.5, 0.6) is 0 Å². The van der Waals surface area contributed by atoms with Gasteiger partial charge in [-0.1, -0.05) is 61.5 Å². The molecule has 2 aromatic carbocycles. The van der Waals surface area contributed by atoms with E-state index in [1.807, 2.05) is 54.8 Å². The van der Waals surface area contributed by atoms with Gasteiger partial charge in [0, 0.05) is 17.4 Å². The molecule has 1 N–H and O–H groups in total. The number of amides is 1. The van der Waals surface area contributed by atoms with E-state index in [1.165, 1.54) is 11.3 Å². The Labute approximate surface area is 169 Å². The van der Waals surface area contributed by atoms with Crippen molar-refractivity contribution < 1.29 is 14.3 Å². The van der Waals surface area contributed by atoms with Crippen LogP contribution in [-0.4, -0.2) is 18.5 Å². The second kappa shape index (κ2) is 9.33. The molecule has 0 aliphatic rings. The molecule has 5 heteroatoms. The molecule has 0 aliphatic carbocycles. The minimum absolute atomic E-state index is 0.0964. The van der Waals surface area contributed by atoms with Gasteiger partial charge in [-0.15, -0.1) is 11.3 Å². The lowest BCUT2D eigenvalue weighted by atomic mass is 9.99. The molecule has 1 heterocycles. The van der Waals surface area contributed by atoms with Gasteiger partial charge in [0.05, 0.1) is 6.61 Å². The Morgan fingerprint density at radius 3 is 2.21 bits per heavy atom. The van der Waals surface area contributed by atoms with Crippen molar-refractivity contribution in [1.82, 2.24) is 0 Å². The predicted molar refractivity (Wildman–Crippen MR) is 115 cm³/mol. The van der Waals surface area contributed by atoms with E-state index in [0.717, 1.165) is 28.7 Å². The topological polar surface area (TPSA) is 55.4 Å². The molecule has 3 rings (SSSR count). The van der Waals surface area contributed by atoms with Crippen LogP contribution >= 0.6 is 11.3 Å². The van der Waals surface area contributed by atoms with Gasteiger partial charge in [-0.3, -0.25) is 4.79 Å². The van der Waals surface area contributed by atoms with Crippen molar-refractivity contribution in [3.05, 3.63) is 65.5 Å². The van der Waals surface area contributed by atoms with E-state index in [1.54, 1.807) is 6.92 Å². The summed E-state index contributed by atoms with van der Waals surface area (Å²) in [6.45, 7) is 4.00. The third kappa shape index (κ3) is 4.49. The van der Waals surface area contributed by atoms with Crippen LogP contribution in [0.3, 0.4) is 0 Å². The monoisotopic (exact) mass is 393 g/mol. The molecule has 0 radical (unpaired) electrons. The average Bonchev–Trinajstić information content (AvgIpc) is 3.12. The third-order valence-electron chi connectivity index (χ3n) is 4.30. The lowest BCUT2D eigenvalue weighted by Gasteiger charge is -2.09. The summed E-state index contributed by atoms with van der Waals surface area (Å²) in [5.74, 6) is -0.515. The molecule has 3 aromatic rings. The van der Waals surface area contributed by atoms with E-state index in [-0.39, 0.29) is 12.5 Å². The fourth-order valence-electron chi connectivity index (χ4n) is 2.96. The van der Waals surface area contributed by atoms with Crippen molar-refractivity contribution in [1.29, 1.82) is 0 Å². The van der Waals surface area contributed by atoms with Crippen molar-refractivity contribution in [3.63, 3.8) is 0 Å². The average molecular weight is 394 g/mol. The van der Waals surface area contributed by atoms with E-state index in [0.29, 0.717) is 17.0 Å². The van der Waals surface area contributed by atoms with E-state index in [2.05, 4.69) is 17.4 Å². The van der Waals surface area contributed by atoms with Crippen LogP contribution in [0.15, 0.2) is 60.0 Å². The zero-order valence-electron chi connectivity index (χ0n) is 16.0. The van der Waals surface area contributed by atoms with Gasteiger partial charge in [0.1, 0.15) is 10.6 Å². The van der Waals surface area contributed by atoms with Crippen LogP contribution in [0.25, 0.3) is 22.3 Å². The maximum absolute atomic E-state index is 12.6. The highest BCUT2D eigenvalue weighted by atomic mass is 32.1. The Kier molecular flexibility index (Phi) is 6.61. The summed E-state index contributed by atoms with van der Waals surface area (Å²) in [5, 5.41) is 5.29. The van der Waals surface area contributed by atoms with Crippen molar-refractivity contribution in [2.24, 2.45) is 0 Å². The zero-order chi connectivity index (χ0) is 19.9. The van der Waals surface area contributed by atoms with Gasteiger partial charge in [-0.05, 0) is 30.0 Å². The fraction of sp³-hybridized carbons (Fsp3) is 0.217. The Bertz CT molecular complexity index is 946. The molecule has 0 saturated carbocycles. The molecule has 28 heavy (non-hydrogen) atoms. The Morgan fingerprint density at radius 2 is 1.57 bits per heavy atom. The second-order valence-corrected chi connectivity index (χ2v) is 7.20. The lowest BCUT2D eigenvalue weighted by Crippen LogP contribution is -2.14. The Morgan fingerprint density at radius 1 is 0.929 bits per heavy atom. The van der Waals surface area contributed by atoms with Crippen LogP contribution in [0.1, 0.15) is 37.0 Å². The van der Waals surface area contributed by atoms with Crippen molar-refractivity contribution in [3.8, 4) is 22.3 Å². The van der Waals surface area contributed by atoms with Crippen LogP contribution in [0, 0.1) is 0 Å². The van der Waals surface area contributed by atoms with E-state index in [4.69, 9.17) is 4.74 Å². The molecule has 4 nitrogen and oxygen atoms in total. The Balaban J connectivity index is 1.95.